The number of ether oxygens (including phenoxy) is 1. The number of carbonyl (C=O) groups is 1. The molecule has 2 heteroatoms. The molecule has 0 aromatic heterocycles. The van der Waals surface area contributed by atoms with Gasteiger partial charge in [-0.15, -0.1) is 0 Å². The molecule has 0 fully saturated rings. The van der Waals surface area contributed by atoms with Crippen LogP contribution in [0.5, 0.6) is 0 Å². The topological polar surface area (TPSA) is 26.3 Å². The zero-order valence-corrected chi connectivity index (χ0v) is 13.1. The molecule has 0 aliphatic rings. The molecule has 0 unspecified atom stereocenters. The van der Waals surface area contributed by atoms with Gasteiger partial charge in [0.2, 0.25) is 0 Å². The quantitative estimate of drug-likeness (QED) is 0.388. The fraction of sp³-hybridized carbons (Fsp3) is 0.190. The van der Waals surface area contributed by atoms with Crippen molar-refractivity contribution < 1.29 is 9.53 Å². The largest absolute Gasteiger partial charge is 0.466 e. The van der Waals surface area contributed by atoms with Crippen molar-refractivity contribution in [3.05, 3.63) is 60.2 Å². The van der Waals surface area contributed by atoms with E-state index in [9.17, 15) is 4.79 Å². The summed E-state index contributed by atoms with van der Waals surface area (Å²) in [5.74, 6) is -0.127. The maximum absolute atomic E-state index is 11.7. The predicted octanol–water partition coefficient (Wildman–Crippen LogP) is 5.08. The molecule has 4 aromatic rings. The highest BCUT2D eigenvalue weighted by Gasteiger charge is 2.11. The molecular weight excluding hydrogens is 284 g/mol. The van der Waals surface area contributed by atoms with Crippen molar-refractivity contribution in [1.29, 1.82) is 0 Å². The number of hydrogen-bond acceptors (Lipinski definition) is 2. The van der Waals surface area contributed by atoms with Crippen LogP contribution in [0.1, 0.15) is 18.9 Å². The van der Waals surface area contributed by atoms with Crippen LogP contribution in [0.3, 0.4) is 0 Å². The summed E-state index contributed by atoms with van der Waals surface area (Å²) < 4.78 is 5.05. The lowest BCUT2D eigenvalue weighted by atomic mass is 9.91. The Kier molecular flexibility index (Phi) is 3.38. The zero-order chi connectivity index (χ0) is 15.8. The van der Waals surface area contributed by atoms with Gasteiger partial charge >= 0.3 is 5.97 Å². The van der Waals surface area contributed by atoms with Gasteiger partial charge in [0.25, 0.3) is 0 Å². The summed E-state index contributed by atoms with van der Waals surface area (Å²) >= 11 is 0. The number of hydrogen-bond donors (Lipinski definition) is 0. The molecule has 2 nitrogen and oxygen atoms in total. The van der Waals surface area contributed by atoms with E-state index in [1.54, 1.807) is 0 Å². The van der Waals surface area contributed by atoms with Crippen molar-refractivity contribution in [1.82, 2.24) is 0 Å². The minimum atomic E-state index is -0.127. The third kappa shape index (κ3) is 2.31. The average molecular weight is 302 g/mol. The van der Waals surface area contributed by atoms with Crippen LogP contribution in [-0.2, 0) is 16.0 Å². The molecule has 0 aliphatic carbocycles. The van der Waals surface area contributed by atoms with E-state index in [1.807, 2.05) is 6.92 Å². The van der Waals surface area contributed by atoms with Gasteiger partial charge in [-0.25, -0.2) is 0 Å². The molecule has 114 valence electrons. The summed E-state index contributed by atoms with van der Waals surface area (Å²) in [6, 6.07) is 19.4. The van der Waals surface area contributed by atoms with Gasteiger partial charge in [-0.1, -0.05) is 54.6 Å². The van der Waals surface area contributed by atoms with Crippen LogP contribution in [0.4, 0.5) is 0 Å². The normalized spacial score (nSPS) is 11.5. The first kappa shape index (κ1) is 14.0. The molecule has 23 heavy (non-hydrogen) atoms. The van der Waals surface area contributed by atoms with Crippen LogP contribution >= 0.6 is 0 Å². The summed E-state index contributed by atoms with van der Waals surface area (Å²) in [6.45, 7) is 2.28. The molecule has 0 radical (unpaired) electrons. The molecule has 0 bridgehead atoms. The van der Waals surface area contributed by atoms with Crippen LogP contribution < -0.4 is 0 Å². The Bertz CT molecular complexity index is 985. The summed E-state index contributed by atoms with van der Waals surface area (Å²) in [5, 5.41) is 7.66. The fourth-order valence-electron chi connectivity index (χ4n) is 3.48. The predicted molar refractivity (Wildman–Crippen MR) is 95.1 cm³/mol. The van der Waals surface area contributed by atoms with Crippen LogP contribution in [0, 0.1) is 0 Å². The van der Waals surface area contributed by atoms with Crippen molar-refractivity contribution in [2.45, 2.75) is 19.8 Å². The van der Waals surface area contributed by atoms with Gasteiger partial charge in [-0.2, -0.15) is 0 Å². The first-order valence-electron chi connectivity index (χ1n) is 8.09. The first-order valence-corrected chi connectivity index (χ1v) is 8.09. The first-order chi connectivity index (χ1) is 11.3. The summed E-state index contributed by atoms with van der Waals surface area (Å²) in [4.78, 5) is 11.7. The molecule has 0 atom stereocenters. The SMILES string of the molecule is CCOC(=O)CCc1ccc2ccc3cccc4ccc1c2c34. The van der Waals surface area contributed by atoms with Crippen molar-refractivity contribution in [2.75, 3.05) is 6.61 Å². The summed E-state index contributed by atoms with van der Waals surface area (Å²) in [5.41, 5.74) is 1.21. The second kappa shape index (κ2) is 5.54. The third-order valence-corrected chi connectivity index (χ3v) is 4.52. The molecule has 0 saturated heterocycles. The molecular formula is C21H18O2. The lowest BCUT2D eigenvalue weighted by Crippen LogP contribution is -2.05. The molecule has 0 spiro atoms. The number of rotatable bonds is 4. The van der Waals surface area contributed by atoms with Crippen molar-refractivity contribution in [3.63, 3.8) is 0 Å². The maximum Gasteiger partial charge on any atom is 0.306 e. The molecule has 4 aromatic carbocycles. The van der Waals surface area contributed by atoms with Crippen molar-refractivity contribution in [3.8, 4) is 0 Å². The van der Waals surface area contributed by atoms with E-state index in [0.29, 0.717) is 19.4 Å². The minimum absolute atomic E-state index is 0.127. The van der Waals surface area contributed by atoms with E-state index in [1.165, 1.54) is 37.9 Å². The summed E-state index contributed by atoms with van der Waals surface area (Å²) in [7, 11) is 0. The fourth-order valence-corrected chi connectivity index (χ4v) is 3.48. The number of esters is 1. The Hall–Kier alpha value is -2.61. The molecule has 0 heterocycles. The van der Waals surface area contributed by atoms with E-state index in [-0.39, 0.29) is 5.97 Å². The maximum atomic E-state index is 11.7. The Morgan fingerprint density at radius 3 is 2.26 bits per heavy atom. The number of carbonyl (C=O) groups excluding carboxylic acids is 1. The zero-order valence-electron chi connectivity index (χ0n) is 13.1. The third-order valence-electron chi connectivity index (χ3n) is 4.52. The Labute approximate surface area is 135 Å². The van der Waals surface area contributed by atoms with Gasteiger partial charge in [-0.3, -0.25) is 4.79 Å². The average Bonchev–Trinajstić information content (AvgIpc) is 2.58. The van der Waals surface area contributed by atoms with E-state index in [0.717, 1.165) is 0 Å². The van der Waals surface area contributed by atoms with E-state index in [4.69, 9.17) is 4.74 Å². The van der Waals surface area contributed by atoms with E-state index < -0.39 is 0 Å². The van der Waals surface area contributed by atoms with Gasteiger partial charge in [0.1, 0.15) is 0 Å². The van der Waals surface area contributed by atoms with Crippen molar-refractivity contribution in [2.24, 2.45) is 0 Å². The van der Waals surface area contributed by atoms with Crippen LogP contribution in [0.2, 0.25) is 0 Å². The standard InChI is InChI=1S/C21H18O2/c1-2-23-19(22)13-11-14-6-7-17-9-8-15-4-3-5-16-10-12-18(14)21(17)20(15)16/h3-10,12H,2,11,13H2,1H3. The Morgan fingerprint density at radius 1 is 0.870 bits per heavy atom. The smallest absolute Gasteiger partial charge is 0.306 e. The van der Waals surface area contributed by atoms with Crippen LogP contribution in [0.25, 0.3) is 32.3 Å². The van der Waals surface area contributed by atoms with Gasteiger partial charge in [-0.05, 0) is 51.2 Å². The Balaban J connectivity index is 1.88. The van der Waals surface area contributed by atoms with Gasteiger partial charge < -0.3 is 4.74 Å². The molecule has 0 amide bonds. The second-order valence-corrected chi connectivity index (χ2v) is 5.89. The van der Waals surface area contributed by atoms with Gasteiger partial charge in [0.15, 0.2) is 0 Å². The summed E-state index contributed by atoms with van der Waals surface area (Å²) in [6.07, 6.45) is 1.14. The molecule has 0 N–H and O–H groups in total. The number of aryl methyl sites for hydroxylation is 1. The molecule has 4 rings (SSSR count). The highest BCUT2D eigenvalue weighted by Crippen LogP contribution is 2.36. The second-order valence-electron chi connectivity index (χ2n) is 5.89. The molecule has 0 aliphatic heterocycles. The van der Waals surface area contributed by atoms with E-state index in [2.05, 4.69) is 54.6 Å². The lowest BCUT2D eigenvalue weighted by molar-refractivity contribution is -0.143. The Morgan fingerprint density at radius 2 is 1.52 bits per heavy atom. The van der Waals surface area contributed by atoms with Crippen LogP contribution in [0.15, 0.2) is 54.6 Å². The van der Waals surface area contributed by atoms with Gasteiger partial charge in [0, 0.05) is 6.42 Å². The number of benzene rings is 4. The van der Waals surface area contributed by atoms with Crippen LogP contribution in [-0.4, -0.2) is 12.6 Å². The minimum Gasteiger partial charge on any atom is -0.466 e. The van der Waals surface area contributed by atoms with Gasteiger partial charge in [0.05, 0.1) is 6.61 Å². The monoisotopic (exact) mass is 302 g/mol. The lowest BCUT2D eigenvalue weighted by Gasteiger charge is -2.13. The highest BCUT2D eigenvalue weighted by atomic mass is 16.5. The molecule has 0 saturated carbocycles. The highest BCUT2D eigenvalue weighted by molar-refractivity contribution is 6.23. The van der Waals surface area contributed by atoms with E-state index >= 15 is 0 Å². The van der Waals surface area contributed by atoms with Crippen molar-refractivity contribution >= 4 is 38.3 Å².